The van der Waals surface area contributed by atoms with E-state index in [1.807, 2.05) is 30.3 Å². The first-order chi connectivity index (χ1) is 14.1. The van der Waals surface area contributed by atoms with Gasteiger partial charge in [-0.2, -0.15) is 0 Å². The van der Waals surface area contributed by atoms with Gasteiger partial charge in [0, 0.05) is 15.6 Å². The van der Waals surface area contributed by atoms with Gasteiger partial charge in [0.25, 0.3) is 0 Å². The number of hydrogen-bond acceptors (Lipinski definition) is 4. The van der Waals surface area contributed by atoms with Crippen molar-refractivity contribution < 1.29 is 14.3 Å². The fourth-order valence-electron chi connectivity index (χ4n) is 3.19. The van der Waals surface area contributed by atoms with E-state index >= 15 is 0 Å². The molecule has 5 nitrogen and oxygen atoms in total. The monoisotopic (exact) mass is 448 g/mol. The summed E-state index contributed by atoms with van der Waals surface area (Å²) in [6.07, 6.45) is 1.57. The van der Waals surface area contributed by atoms with Crippen molar-refractivity contribution >= 4 is 33.2 Å². The molecule has 6 heteroatoms. The minimum Gasteiger partial charge on any atom is -0.462 e. The maximum atomic E-state index is 13.0. The third-order valence-corrected chi connectivity index (χ3v) is 5.04. The van der Waals surface area contributed by atoms with Gasteiger partial charge < -0.3 is 4.74 Å². The molecule has 0 N–H and O–H groups in total. The summed E-state index contributed by atoms with van der Waals surface area (Å²) < 4.78 is 7.78. The molecular weight excluding hydrogens is 432 g/mol. The maximum absolute atomic E-state index is 13.0. The van der Waals surface area contributed by atoms with Crippen molar-refractivity contribution in [2.75, 3.05) is 6.61 Å². The summed E-state index contributed by atoms with van der Waals surface area (Å²) in [4.78, 5) is 30.1. The van der Waals surface area contributed by atoms with Gasteiger partial charge in [0.1, 0.15) is 6.33 Å². The van der Waals surface area contributed by atoms with E-state index in [9.17, 15) is 9.59 Å². The molecule has 0 atom stereocenters. The number of hydrogen-bond donors (Lipinski definition) is 0. The van der Waals surface area contributed by atoms with E-state index < -0.39 is 5.97 Å². The van der Waals surface area contributed by atoms with E-state index in [-0.39, 0.29) is 12.4 Å². The van der Waals surface area contributed by atoms with Gasteiger partial charge in [0.2, 0.25) is 5.78 Å². The van der Waals surface area contributed by atoms with E-state index in [4.69, 9.17) is 4.74 Å². The summed E-state index contributed by atoms with van der Waals surface area (Å²) in [6, 6.07) is 20.1. The highest BCUT2D eigenvalue weighted by Gasteiger charge is 2.22. The number of esters is 1. The van der Waals surface area contributed by atoms with Crippen molar-refractivity contribution in [3.05, 3.63) is 94.4 Å². The number of ether oxygens (including phenoxy) is 1. The van der Waals surface area contributed by atoms with Gasteiger partial charge >= 0.3 is 5.97 Å². The van der Waals surface area contributed by atoms with E-state index in [1.54, 1.807) is 54.0 Å². The highest BCUT2D eigenvalue weighted by atomic mass is 79.9. The summed E-state index contributed by atoms with van der Waals surface area (Å²) in [6.45, 7) is 2.00. The molecule has 0 bridgehead atoms. The van der Waals surface area contributed by atoms with E-state index in [1.165, 1.54) is 0 Å². The minimum absolute atomic E-state index is 0.187. The second kappa shape index (κ2) is 8.01. The van der Waals surface area contributed by atoms with Crippen LogP contribution in [-0.4, -0.2) is 27.7 Å². The molecule has 0 unspecified atom stereocenters. The van der Waals surface area contributed by atoms with Crippen molar-refractivity contribution in [1.29, 1.82) is 0 Å². The Kier molecular flexibility index (Phi) is 5.27. The number of benzene rings is 2. The molecule has 0 aliphatic rings. The molecule has 2 aromatic carbocycles. The highest BCUT2D eigenvalue weighted by molar-refractivity contribution is 9.10. The molecule has 0 radical (unpaired) electrons. The summed E-state index contributed by atoms with van der Waals surface area (Å²) in [5.41, 5.74) is 3.41. The van der Waals surface area contributed by atoms with E-state index in [2.05, 4.69) is 20.9 Å². The lowest BCUT2D eigenvalue weighted by Crippen LogP contribution is -2.05. The van der Waals surface area contributed by atoms with Crippen LogP contribution >= 0.6 is 15.9 Å². The fraction of sp³-hybridized carbons (Fsp3) is 0.0870. The van der Waals surface area contributed by atoms with Gasteiger partial charge in [-0.3, -0.25) is 9.20 Å². The Morgan fingerprint density at radius 1 is 1.03 bits per heavy atom. The third-order valence-electron chi connectivity index (χ3n) is 4.55. The predicted molar refractivity (Wildman–Crippen MR) is 114 cm³/mol. The van der Waals surface area contributed by atoms with Crippen LogP contribution in [0.5, 0.6) is 0 Å². The topological polar surface area (TPSA) is 60.7 Å². The van der Waals surface area contributed by atoms with Crippen molar-refractivity contribution in [2.24, 2.45) is 0 Å². The Bertz CT molecular complexity index is 1220. The molecule has 29 heavy (non-hydrogen) atoms. The predicted octanol–water partition coefficient (Wildman–Crippen LogP) is 5.17. The zero-order valence-corrected chi connectivity index (χ0v) is 17.2. The number of rotatable bonds is 5. The van der Waals surface area contributed by atoms with Crippen LogP contribution < -0.4 is 0 Å². The first-order valence-corrected chi connectivity index (χ1v) is 9.91. The molecule has 0 aliphatic heterocycles. The molecule has 4 rings (SSSR count). The normalized spacial score (nSPS) is 10.8. The molecule has 2 aromatic heterocycles. The van der Waals surface area contributed by atoms with Gasteiger partial charge in [-0.1, -0.05) is 58.4 Å². The average molecular weight is 449 g/mol. The summed E-state index contributed by atoms with van der Waals surface area (Å²) in [5.74, 6) is -0.656. The molecule has 144 valence electrons. The molecule has 0 fully saturated rings. The Morgan fingerprint density at radius 3 is 2.55 bits per heavy atom. The second-order valence-electron chi connectivity index (χ2n) is 6.40. The first kappa shape index (κ1) is 19.1. The number of halogens is 1. The second-order valence-corrected chi connectivity index (χ2v) is 7.31. The fourth-order valence-corrected chi connectivity index (χ4v) is 3.59. The van der Waals surface area contributed by atoms with Crippen molar-refractivity contribution in [3.63, 3.8) is 0 Å². The molecule has 0 spiro atoms. The largest absolute Gasteiger partial charge is 0.462 e. The summed E-state index contributed by atoms with van der Waals surface area (Å²) in [7, 11) is 0. The number of carbonyl (C=O) groups is 2. The average Bonchev–Trinajstić information content (AvgIpc) is 3.13. The lowest BCUT2D eigenvalue weighted by molar-refractivity contribution is 0.0529. The first-order valence-electron chi connectivity index (χ1n) is 9.12. The Labute approximate surface area is 176 Å². The number of carbonyl (C=O) groups excluding carboxylic acids is 2. The zero-order valence-electron chi connectivity index (χ0n) is 15.6. The van der Waals surface area contributed by atoms with E-state index in [0.29, 0.717) is 28.0 Å². The van der Waals surface area contributed by atoms with Crippen LogP contribution in [-0.2, 0) is 4.74 Å². The van der Waals surface area contributed by atoms with Crippen molar-refractivity contribution in [2.45, 2.75) is 6.92 Å². The van der Waals surface area contributed by atoms with Crippen LogP contribution in [0.25, 0.3) is 16.8 Å². The number of ketones is 1. The van der Waals surface area contributed by atoms with Crippen molar-refractivity contribution in [3.8, 4) is 11.3 Å². The lowest BCUT2D eigenvalue weighted by atomic mass is 10.1. The zero-order chi connectivity index (χ0) is 20.4. The molecule has 0 saturated heterocycles. The van der Waals surface area contributed by atoms with Crippen LogP contribution in [0.4, 0.5) is 0 Å². The van der Waals surface area contributed by atoms with Crippen LogP contribution in [0.1, 0.15) is 33.3 Å². The maximum Gasteiger partial charge on any atom is 0.340 e. The molecule has 0 saturated carbocycles. The molecule has 2 heterocycles. The molecule has 0 aliphatic carbocycles. The Balaban J connectivity index is 1.90. The number of fused-ring (bicyclic) bond motifs is 1. The SMILES string of the molecule is CCOC(=O)c1cc(C(=O)c2ccccc2)n2cnc(-c3cccc(Br)c3)cc12. The van der Waals surface area contributed by atoms with Gasteiger partial charge in [-0.05, 0) is 31.2 Å². The van der Waals surface area contributed by atoms with Gasteiger partial charge in [-0.15, -0.1) is 0 Å². The smallest absolute Gasteiger partial charge is 0.340 e. The molecule has 0 amide bonds. The van der Waals surface area contributed by atoms with Crippen LogP contribution in [0.15, 0.2) is 77.5 Å². The van der Waals surface area contributed by atoms with Crippen molar-refractivity contribution in [1.82, 2.24) is 9.38 Å². The summed E-state index contributed by atoms with van der Waals surface area (Å²) >= 11 is 3.46. The Morgan fingerprint density at radius 2 is 1.83 bits per heavy atom. The Hall–Kier alpha value is -3.25. The quantitative estimate of drug-likeness (QED) is 0.312. The molecule has 4 aromatic rings. The standard InChI is InChI=1S/C23H17BrN2O3/c1-2-29-23(28)18-12-21(22(27)15-7-4-3-5-8-15)26-14-25-19(13-20(18)26)16-9-6-10-17(24)11-16/h3-14H,2H2,1H3. The van der Waals surface area contributed by atoms with Gasteiger partial charge in [0.15, 0.2) is 0 Å². The highest BCUT2D eigenvalue weighted by Crippen LogP contribution is 2.26. The van der Waals surface area contributed by atoms with Crippen LogP contribution in [0.3, 0.4) is 0 Å². The lowest BCUT2D eigenvalue weighted by Gasteiger charge is -2.06. The van der Waals surface area contributed by atoms with E-state index in [0.717, 1.165) is 10.0 Å². The third kappa shape index (κ3) is 3.71. The van der Waals surface area contributed by atoms with Crippen LogP contribution in [0, 0.1) is 0 Å². The van der Waals surface area contributed by atoms with Gasteiger partial charge in [0.05, 0.1) is 29.1 Å². The van der Waals surface area contributed by atoms with Crippen LogP contribution in [0.2, 0.25) is 0 Å². The van der Waals surface area contributed by atoms with Gasteiger partial charge in [-0.25, -0.2) is 9.78 Å². The molecular formula is C23H17BrN2O3. The number of aromatic nitrogens is 2. The summed E-state index contributed by atoms with van der Waals surface area (Å²) in [5, 5.41) is 0. The minimum atomic E-state index is -0.469. The number of nitrogens with zero attached hydrogens (tertiary/aromatic N) is 2.